The molecular formula is C18H27NO. The molecule has 2 nitrogen and oxygen atoms in total. The van der Waals surface area contributed by atoms with Gasteiger partial charge >= 0.3 is 0 Å². The summed E-state index contributed by atoms with van der Waals surface area (Å²) in [6, 6.07) is 4.38. The molecule has 0 aliphatic carbocycles. The topological polar surface area (TPSA) is 29.1 Å². The Morgan fingerprint density at radius 3 is 2.40 bits per heavy atom. The first-order chi connectivity index (χ1) is 9.48. The molecule has 0 radical (unpaired) electrons. The van der Waals surface area contributed by atoms with Crippen LogP contribution in [0.3, 0.4) is 0 Å². The van der Waals surface area contributed by atoms with Gasteiger partial charge < -0.3 is 5.32 Å². The van der Waals surface area contributed by atoms with Gasteiger partial charge in [0.05, 0.1) is 0 Å². The third-order valence-corrected chi connectivity index (χ3v) is 4.74. The van der Waals surface area contributed by atoms with Gasteiger partial charge in [0.25, 0.3) is 0 Å². The monoisotopic (exact) mass is 273 g/mol. The Kier molecular flexibility index (Phi) is 4.64. The maximum Gasteiger partial charge on any atom is 0.144 e. The van der Waals surface area contributed by atoms with Gasteiger partial charge in [-0.25, -0.2) is 0 Å². The largest absolute Gasteiger partial charge is 0.316 e. The van der Waals surface area contributed by atoms with Crippen LogP contribution in [0.4, 0.5) is 0 Å². The van der Waals surface area contributed by atoms with Crippen LogP contribution in [0.15, 0.2) is 12.1 Å². The molecule has 0 spiro atoms. The molecule has 1 aliphatic rings. The molecule has 1 unspecified atom stereocenters. The molecular weight excluding hydrogens is 246 g/mol. The summed E-state index contributed by atoms with van der Waals surface area (Å²) in [7, 11) is 0. The molecule has 1 aromatic carbocycles. The number of aryl methyl sites for hydroxylation is 3. The highest BCUT2D eigenvalue weighted by Gasteiger charge is 2.39. The number of carbonyl (C=O) groups is 1. The van der Waals surface area contributed by atoms with Crippen molar-refractivity contribution in [3.63, 3.8) is 0 Å². The Balaban J connectivity index is 2.23. The third kappa shape index (κ3) is 2.95. The summed E-state index contributed by atoms with van der Waals surface area (Å²) in [5, 5.41) is 3.38. The average molecular weight is 273 g/mol. The zero-order chi connectivity index (χ0) is 14.8. The summed E-state index contributed by atoms with van der Waals surface area (Å²) in [6.45, 7) is 10.4. The van der Waals surface area contributed by atoms with E-state index >= 15 is 0 Å². The van der Waals surface area contributed by atoms with Crippen LogP contribution >= 0.6 is 0 Å². The van der Waals surface area contributed by atoms with E-state index in [1.807, 2.05) is 0 Å². The maximum atomic E-state index is 12.9. The van der Waals surface area contributed by atoms with Crippen molar-refractivity contribution in [2.45, 2.75) is 53.4 Å². The van der Waals surface area contributed by atoms with Gasteiger partial charge in [-0.15, -0.1) is 0 Å². The minimum Gasteiger partial charge on any atom is -0.316 e. The van der Waals surface area contributed by atoms with E-state index in [-0.39, 0.29) is 5.41 Å². The van der Waals surface area contributed by atoms with E-state index in [0.29, 0.717) is 12.2 Å². The van der Waals surface area contributed by atoms with Gasteiger partial charge in [0.1, 0.15) is 5.78 Å². The maximum absolute atomic E-state index is 12.9. The van der Waals surface area contributed by atoms with Crippen molar-refractivity contribution in [1.82, 2.24) is 5.32 Å². The van der Waals surface area contributed by atoms with Crippen molar-refractivity contribution < 1.29 is 4.79 Å². The SMILES string of the molecule is CCCC1(C(=O)Cc2c(C)cc(C)cc2C)CCNC1. The predicted molar refractivity (Wildman–Crippen MR) is 84.2 cm³/mol. The average Bonchev–Trinajstić information content (AvgIpc) is 2.83. The Morgan fingerprint density at radius 1 is 1.25 bits per heavy atom. The summed E-state index contributed by atoms with van der Waals surface area (Å²) in [6.07, 6.45) is 3.70. The van der Waals surface area contributed by atoms with Gasteiger partial charge in [0.15, 0.2) is 0 Å². The fraction of sp³-hybridized carbons (Fsp3) is 0.611. The van der Waals surface area contributed by atoms with Crippen LogP contribution < -0.4 is 5.32 Å². The lowest BCUT2D eigenvalue weighted by atomic mass is 9.75. The Hall–Kier alpha value is -1.15. The number of ketones is 1. The molecule has 0 saturated carbocycles. The van der Waals surface area contributed by atoms with Crippen molar-refractivity contribution in [2.24, 2.45) is 5.41 Å². The highest BCUT2D eigenvalue weighted by atomic mass is 16.1. The first-order valence-electron chi connectivity index (χ1n) is 7.79. The molecule has 1 aliphatic heterocycles. The standard InChI is InChI=1S/C18H27NO/c1-5-6-18(7-8-19-12-18)17(20)11-16-14(3)9-13(2)10-15(16)4/h9-10,19H,5-8,11-12H2,1-4H3. The summed E-state index contributed by atoms with van der Waals surface area (Å²) in [5.41, 5.74) is 4.92. The summed E-state index contributed by atoms with van der Waals surface area (Å²) < 4.78 is 0. The van der Waals surface area contributed by atoms with Crippen LogP contribution in [0, 0.1) is 26.2 Å². The molecule has 1 aromatic rings. The van der Waals surface area contributed by atoms with Gasteiger partial charge in [0.2, 0.25) is 0 Å². The molecule has 0 amide bonds. The summed E-state index contributed by atoms with van der Waals surface area (Å²) >= 11 is 0. The van der Waals surface area contributed by atoms with Gasteiger partial charge in [-0.2, -0.15) is 0 Å². The molecule has 2 rings (SSSR count). The van der Waals surface area contributed by atoms with E-state index in [0.717, 1.165) is 32.4 Å². The second-order valence-corrected chi connectivity index (χ2v) is 6.43. The molecule has 0 bridgehead atoms. The molecule has 2 heteroatoms. The molecule has 1 heterocycles. The minimum absolute atomic E-state index is 0.113. The highest BCUT2D eigenvalue weighted by Crippen LogP contribution is 2.34. The predicted octanol–water partition coefficient (Wildman–Crippen LogP) is 3.50. The van der Waals surface area contributed by atoms with Crippen LogP contribution in [0.1, 0.15) is 48.4 Å². The molecule has 1 N–H and O–H groups in total. The molecule has 1 fully saturated rings. The normalized spacial score (nSPS) is 22.2. The molecule has 1 saturated heterocycles. The Bertz CT molecular complexity index is 475. The number of hydrogen-bond donors (Lipinski definition) is 1. The van der Waals surface area contributed by atoms with Gasteiger partial charge in [-0.05, 0) is 56.8 Å². The number of nitrogens with one attached hydrogen (secondary N) is 1. The van der Waals surface area contributed by atoms with Gasteiger partial charge in [0, 0.05) is 18.4 Å². The first-order valence-corrected chi connectivity index (χ1v) is 7.79. The van der Waals surface area contributed by atoms with Crippen molar-refractivity contribution in [2.75, 3.05) is 13.1 Å². The van der Waals surface area contributed by atoms with Crippen LogP contribution in [0.5, 0.6) is 0 Å². The number of hydrogen-bond acceptors (Lipinski definition) is 2. The van der Waals surface area contributed by atoms with E-state index in [9.17, 15) is 4.79 Å². The van der Waals surface area contributed by atoms with Crippen molar-refractivity contribution in [1.29, 1.82) is 0 Å². The van der Waals surface area contributed by atoms with Gasteiger partial charge in [-0.3, -0.25) is 4.79 Å². The van der Waals surface area contributed by atoms with E-state index in [2.05, 4.69) is 45.1 Å². The molecule has 0 aromatic heterocycles. The second kappa shape index (κ2) is 6.09. The smallest absolute Gasteiger partial charge is 0.144 e. The van der Waals surface area contributed by atoms with Crippen LogP contribution in [-0.4, -0.2) is 18.9 Å². The van der Waals surface area contributed by atoms with Crippen LogP contribution in [0.2, 0.25) is 0 Å². The molecule has 20 heavy (non-hydrogen) atoms. The number of rotatable bonds is 5. The zero-order valence-corrected chi connectivity index (χ0v) is 13.3. The summed E-state index contributed by atoms with van der Waals surface area (Å²) in [5.74, 6) is 0.430. The quantitative estimate of drug-likeness (QED) is 0.889. The lowest BCUT2D eigenvalue weighted by Crippen LogP contribution is -2.35. The summed E-state index contributed by atoms with van der Waals surface area (Å²) in [4.78, 5) is 12.9. The van der Waals surface area contributed by atoms with Gasteiger partial charge in [-0.1, -0.05) is 31.0 Å². The van der Waals surface area contributed by atoms with E-state index < -0.39 is 0 Å². The third-order valence-electron chi connectivity index (χ3n) is 4.74. The first kappa shape index (κ1) is 15.2. The fourth-order valence-electron chi connectivity index (χ4n) is 3.65. The number of carbonyl (C=O) groups excluding carboxylic acids is 1. The van der Waals surface area contributed by atoms with Crippen LogP contribution in [0.25, 0.3) is 0 Å². The van der Waals surface area contributed by atoms with Crippen molar-refractivity contribution in [3.8, 4) is 0 Å². The lowest BCUT2D eigenvalue weighted by Gasteiger charge is -2.27. The van der Waals surface area contributed by atoms with Crippen molar-refractivity contribution in [3.05, 3.63) is 34.4 Å². The number of Topliss-reactive ketones (excluding diaryl/α,β-unsaturated/α-hetero) is 1. The zero-order valence-electron chi connectivity index (χ0n) is 13.3. The molecule has 1 atom stereocenters. The Morgan fingerprint density at radius 2 is 1.90 bits per heavy atom. The van der Waals surface area contributed by atoms with E-state index in [1.54, 1.807) is 0 Å². The molecule has 110 valence electrons. The van der Waals surface area contributed by atoms with Crippen LogP contribution in [-0.2, 0) is 11.2 Å². The Labute approximate surface area is 123 Å². The number of benzene rings is 1. The highest BCUT2D eigenvalue weighted by molar-refractivity contribution is 5.88. The second-order valence-electron chi connectivity index (χ2n) is 6.43. The van der Waals surface area contributed by atoms with E-state index in [4.69, 9.17) is 0 Å². The van der Waals surface area contributed by atoms with Crippen molar-refractivity contribution >= 4 is 5.78 Å². The minimum atomic E-state index is -0.113. The fourth-order valence-corrected chi connectivity index (χ4v) is 3.65. The lowest BCUT2D eigenvalue weighted by molar-refractivity contribution is -0.127. The van der Waals surface area contributed by atoms with E-state index in [1.165, 1.54) is 22.3 Å².